The summed E-state index contributed by atoms with van der Waals surface area (Å²) < 4.78 is 6.53. The van der Waals surface area contributed by atoms with Crippen LogP contribution in [0.25, 0.3) is 17.1 Å². The number of primary amides is 1. The van der Waals surface area contributed by atoms with E-state index in [-0.39, 0.29) is 29.1 Å². The quantitative estimate of drug-likeness (QED) is 0.387. The molecular formula is C22H27N5O4. The maximum atomic E-state index is 12.0. The van der Waals surface area contributed by atoms with Gasteiger partial charge in [-0.3, -0.25) is 9.36 Å². The van der Waals surface area contributed by atoms with E-state index in [0.29, 0.717) is 23.4 Å². The molecule has 9 heteroatoms. The molecule has 5 N–H and O–H groups in total. The molecular weight excluding hydrogens is 398 g/mol. The van der Waals surface area contributed by atoms with Gasteiger partial charge in [-0.25, -0.2) is 0 Å². The van der Waals surface area contributed by atoms with Crippen LogP contribution in [0, 0.1) is 0 Å². The maximum Gasteiger partial charge on any atom is 0.287 e. The summed E-state index contributed by atoms with van der Waals surface area (Å²) in [7, 11) is 1.66. The molecule has 1 aromatic heterocycles. The zero-order chi connectivity index (χ0) is 22.5. The Hall–Kier alpha value is -3.59. The number of amides is 1. The highest BCUT2D eigenvalue weighted by Gasteiger charge is 2.23. The molecule has 0 unspecified atom stereocenters. The fourth-order valence-electron chi connectivity index (χ4n) is 3.28. The molecule has 0 atom stereocenters. The molecule has 0 bridgehead atoms. The first-order valence-electron chi connectivity index (χ1n) is 9.98. The van der Waals surface area contributed by atoms with Crippen LogP contribution in [-0.2, 0) is 4.74 Å². The molecule has 0 saturated heterocycles. The van der Waals surface area contributed by atoms with Gasteiger partial charge in [0.1, 0.15) is 11.5 Å². The largest absolute Gasteiger partial charge is 0.508 e. The molecule has 0 radical (unpaired) electrons. The number of ether oxygens (including phenoxy) is 1. The van der Waals surface area contributed by atoms with Crippen LogP contribution in [0.15, 0.2) is 36.4 Å². The Bertz CT molecular complexity index is 1060. The van der Waals surface area contributed by atoms with Gasteiger partial charge < -0.3 is 26.0 Å². The summed E-state index contributed by atoms with van der Waals surface area (Å²) in [6, 6.07) is 10.3. The smallest absolute Gasteiger partial charge is 0.287 e. The molecule has 1 heterocycles. The van der Waals surface area contributed by atoms with Gasteiger partial charge in [-0.1, -0.05) is 13.8 Å². The summed E-state index contributed by atoms with van der Waals surface area (Å²) >= 11 is 0. The number of hydrogen-bond acceptors (Lipinski definition) is 7. The van der Waals surface area contributed by atoms with Gasteiger partial charge in [0.15, 0.2) is 5.82 Å². The van der Waals surface area contributed by atoms with Crippen LogP contribution in [0.1, 0.15) is 42.4 Å². The second-order valence-electron chi connectivity index (χ2n) is 7.45. The summed E-state index contributed by atoms with van der Waals surface area (Å²) in [5.74, 6) is -0.745. The van der Waals surface area contributed by atoms with Gasteiger partial charge in [0.05, 0.1) is 5.56 Å². The lowest BCUT2D eigenvalue weighted by atomic mass is 9.98. The van der Waals surface area contributed by atoms with Gasteiger partial charge in [-0.2, -0.15) is 0 Å². The van der Waals surface area contributed by atoms with E-state index < -0.39 is 5.91 Å². The van der Waals surface area contributed by atoms with Gasteiger partial charge in [0.25, 0.3) is 5.91 Å². The molecule has 31 heavy (non-hydrogen) atoms. The summed E-state index contributed by atoms with van der Waals surface area (Å²) in [6.07, 6.45) is 0.873. The van der Waals surface area contributed by atoms with Crippen molar-refractivity contribution in [1.29, 1.82) is 0 Å². The van der Waals surface area contributed by atoms with Crippen LogP contribution in [0.4, 0.5) is 5.69 Å². The van der Waals surface area contributed by atoms with E-state index >= 15 is 0 Å². The number of nitrogens with one attached hydrogen (secondary N) is 1. The first-order valence-corrected chi connectivity index (χ1v) is 9.98. The summed E-state index contributed by atoms with van der Waals surface area (Å²) in [5, 5.41) is 32.0. The maximum absolute atomic E-state index is 12.0. The molecule has 3 rings (SSSR count). The third-order valence-corrected chi connectivity index (χ3v) is 4.87. The third kappa shape index (κ3) is 4.77. The number of aromatic nitrogens is 3. The van der Waals surface area contributed by atoms with Crippen molar-refractivity contribution in [3.05, 3.63) is 47.8 Å². The average Bonchev–Trinajstić information content (AvgIpc) is 3.16. The number of nitrogens with zero attached hydrogens (tertiary/aromatic N) is 3. The minimum Gasteiger partial charge on any atom is -0.508 e. The second-order valence-corrected chi connectivity index (χ2v) is 7.45. The normalized spacial score (nSPS) is 11.1. The van der Waals surface area contributed by atoms with E-state index in [0.717, 1.165) is 18.7 Å². The predicted molar refractivity (Wildman–Crippen MR) is 118 cm³/mol. The van der Waals surface area contributed by atoms with Gasteiger partial charge in [0, 0.05) is 37.7 Å². The molecule has 0 aliphatic rings. The van der Waals surface area contributed by atoms with E-state index in [4.69, 9.17) is 10.5 Å². The lowest BCUT2D eigenvalue weighted by molar-refractivity contribution is 0.0988. The molecule has 0 spiro atoms. The van der Waals surface area contributed by atoms with Crippen LogP contribution in [0.3, 0.4) is 0 Å². The van der Waals surface area contributed by atoms with Crippen molar-refractivity contribution in [1.82, 2.24) is 14.8 Å². The molecule has 164 valence electrons. The van der Waals surface area contributed by atoms with Crippen molar-refractivity contribution in [2.24, 2.45) is 5.73 Å². The number of nitrogens with two attached hydrogens (primary N) is 1. The first-order chi connectivity index (χ1) is 14.8. The highest BCUT2D eigenvalue weighted by atomic mass is 16.5. The molecule has 3 aromatic rings. The van der Waals surface area contributed by atoms with E-state index in [2.05, 4.69) is 15.5 Å². The standard InChI is InChI=1S/C22H27N5O4/c1-13(2)16-11-17(19(29)12-18(16)28)21-25-26-22(20(23)30)27(21)15-7-5-14(6-8-15)24-9-4-10-31-3/h5-8,11-13,24,28-29H,4,9-10H2,1-3H3,(H2,23,30). The van der Waals surface area contributed by atoms with Gasteiger partial charge in [-0.15, -0.1) is 10.2 Å². The zero-order valence-corrected chi connectivity index (χ0v) is 17.8. The lowest BCUT2D eigenvalue weighted by Gasteiger charge is -2.14. The Morgan fingerprint density at radius 3 is 2.48 bits per heavy atom. The number of hydrogen-bond donors (Lipinski definition) is 4. The molecule has 0 fully saturated rings. The molecule has 0 aliphatic carbocycles. The van der Waals surface area contributed by atoms with Crippen LogP contribution in [0.2, 0.25) is 0 Å². The Morgan fingerprint density at radius 1 is 1.16 bits per heavy atom. The SMILES string of the molecule is COCCCNc1ccc(-n2c(C(N)=O)nnc2-c2cc(C(C)C)c(O)cc2O)cc1. The Labute approximate surface area is 180 Å². The van der Waals surface area contributed by atoms with Crippen molar-refractivity contribution >= 4 is 11.6 Å². The molecule has 0 aliphatic heterocycles. The number of aromatic hydroxyl groups is 2. The number of carbonyl (C=O) groups excluding carboxylic acids is 1. The molecule has 9 nitrogen and oxygen atoms in total. The Balaban J connectivity index is 2.03. The van der Waals surface area contributed by atoms with Crippen LogP contribution in [-0.4, -0.2) is 51.1 Å². The monoisotopic (exact) mass is 425 g/mol. The van der Waals surface area contributed by atoms with E-state index in [1.807, 2.05) is 26.0 Å². The summed E-state index contributed by atoms with van der Waals surface area (Å²) in [4.78, 5) is 12.0. The molecule has 1 amide bonds. The van der Waals surface area contributed by atoms with Crippen molar-refractivity contribution in [3.8, 4) is 28.6 Å². The minimum atomic E-state index is -0.747. The first kappa shape index (κ1) is 22.1. The molecule has 0 saturated carbocycles. The average molecular weight is 425 g/mol. The summed E-state index contributed by atoms with van der Waals surface area (Å²) in [6.45, 7) is 5.28. The Morgan fingerprint density at radius 2 is 1.87 bits per heavy atom. The lowest BCUT2D eigenvalue weighted by Crippen LogP contribution is -2.18. The fraction of sp³-hybridized carbons (Fsp3) is 0.318. The number of rotatable bonds is 9. The number of anilines is 1. The van der Waals surface area contributed by atoms with Crippen LogP contribution < -0.4 is 11.1 Å². The van der Waals surface area contributed by atoms with Gasteiger partial charge in [0.2, 0.25) is 5.82 Å². The van der Waals surface area contributed by atoms with Gasteiger partial charge in [-0.05, 0) is 48.2 Å². The summed E-state index contributed by atoms with van der Waals surface area (Å²) in [5.41, 5.74) is 8.01. The number of carbonyl (C=O) groups is 1. The van der Waals surface area contributed by atoms with E-state index in [1.165, 1.54) is 10.6 Å². The predicted octanol–water partition coefficient (Wildman–Crippen LogP) is 3.02. The Kier molecular flexibility index (Phi) is 6.76. The third-order valence-electron chi connectivity index (χ3n) is 4.87. The minimum absolute atomic E-state index is 0.00907. The van der Waals surface area contributed by atoms with E-state index in [9.17, 15) is 15.0 Å². The van der Waals surface area contributed by atoms with Crippen molar-refractivity contribution in [2.75, 3.05) is 25.6 Å². The fourth-order valence-corrected chi connectivity index (χ4v) is 3.28. The second kappa shape index (κ2) is 9.48. The highest BCUT2D eigenvalue weighted by Crippen LogP contribution is 2.38. The van der Waals surface area contributed by atoms with E-state index in [1.54, 1.807) is 25.3 Å². The van der Waals surface area contributed by atoms with Crippen molar-refractivity contribution < 1.29 is 19.7 Å². The highest BCUT2D eigenvalue weighted by molar-refractivity contribution is 5.91. The molecule has 2 aromatic carbocycles. The number of benzene rings is 2. The zero-order valence-electron chi connectivity index (χ0n) is 17.8. The number of phenols is 2. The number of methoxy groups -OCH3 is 1. The topological polar surface area (TPSA) is 136 Å². The van der Waals surface area contributed by atoms with Crippen LogP contribution >= 0.6 is 0 Å². The van der Waals surface area contributed by atoms with Gasteiger partial charge >= 0.3 is 0 Å². The van der Waals surface area contributed by atoms with Crippen molar-refractivity contribution in [2.45, 2.75) is 26.2 Å². The van der Waals surface area contributed by atoms with Crippen LogP contribution in [0.5, 0.6) is 11.5 Å². The number of phenolic OH excluding ortho intramolecular Hbond substituents is 2. The van der Waals surface area contributed by atoms with Crippen molar-refractivity contribution in [3.63, 3.8) is 0 Å².